The lowest BCUT2D eigenvalue weighted by molar-refractivity contribution is -0.143. The van der Waals surface area contributed by atoms with Crippen molar-refractivity contribution in [2.45, 2.75) is 62.9 Å². The van der Waals surface area contributed by atoms with Crippen LogP contribution in [0.1, 0.15) is 31.7 Å². The number of benzene rings is 1. The first-order valence-electron chi connectivity index (χ1n) is 11.0. The molecule has 1 aromatic rings. The summed E-state index contributed by atoms with van der Waals surface area (Å²) in [7, 11) is 0. The molecule has 12 heteroatoms. The molecule has 0 aromatic heterocycles. The zero-order valence-corrected chi connectivity index (χ0v) is 19.1. The Kier molecular flexibility index (Phi) is 12.7. The van der Waals surface area contributed by atoms with E-state index in [-0.39, 0.29) is 12.8 Å². The number of aliphatic carboxylic acids is 1. The van der Waals surface area contributed by atoms with Crippen LogP contribution in [0.3, 0.4) is 0 Å². The fourth-order valence-corrected chi connectivity index (χ4v) is 3.04. The van der Waals surface area contributed by atoms with Crippen molar-refractivity contribution in [1.29, 1.82) is 0 Å². The molecule has 190 valence electrons. The van der Waals surface area contributed by atoms with Gasteiger partial charge in [0.1, 0.15) is 24.2 Å². The monoisotopic (exact) mass is 481 g/mol. The van der Waals surface area contributed by atoms with Crippen LogP contribution in [0.25, 0.3) is 0 Å². The number of carboxylic acid groups (broad SMARTS) is 1. The second-order valence-electron chi connectivity index (χ2n) is 7.94. The van der Waals surface area contributed by atoms with Crippen LogP contribution in [0.5, 0.6) is 0 Å². The number of carbonyl (C=O) groups excluding carboxylic acids is 3. The Bertz CT molecular complexity index is 806. The highest BCUT2D eigenvalue weighted by atomic mass is 16.4. The van der Waals surface area contributed by atoms with Gasteiger partial charge in [-0.1, -0.05) is 30.3 Å². The van der Waals surface area contributed by atoms with Gasteiger partial charge in [-0.25, -0.2) is 4.79 Å². The van der Waals surface area contributed by atoms with Crippen molar-refractivity contribution in [2.24, 2.45) is 11.5 Å². The van der Waals surface area contributed by atoms with E-state index in [1.54, 1.807) is 30.3 Å². The summed E-state index contributed by atoms with van der Waals surface area (Å²) < 4.78 is 0. The van der Waals surface area contributed by atoms with Gasteiger partial charge in [0.25, 0.3) is 0 Å². The predicted octanol–water partition coefficient (Wildman–Crippen LogP) is -2.40. The van der Waals surface area contributed by atoms with Crippen molar-refractivity contribution in [1.82, 2.24) is 16.0 Å². The van der Waals surface area contributed by atoms with E-state index in [9.17, 15) is 29.4 Å². The standard InChI is InChI=1S/C22H35N5O7/c1-13(29)18(24)21(32)26-16(11-14-7-3-2-4-8-14)20(31)25-15(9-5-6-10-23)19(30)27-17(12-28)22(33)34/h2-4,7-8,13,15-18,28-29H,5-6,9-12,23-24H2,1H3,(H,25,31)(H,26,32)(H,27,30)(H,33,34). The van der Waals surface area contributed by atoms with Gasteiger partial charge in [-0.05, 0) is 38.3 Å². The molecule has 0 bridgehead atoms. The quantitative estimate of drug-likeness (QED) is 0.125. The van der Waals surface area contributed by atoms with Crippen molar-refractivity contribution in [2.75, 3.05) is 13.2 Å². The van der Waals surface area contributed by atoms with Gasteiger partial charge < -0.3 is 42.7 Å². The lowest BCUT2D eigenvalue weighted by Gasteiger charge is -2.25. The van der Waals surface area contributed by atoms with E-state index < -0.39 is 60.6 Å². The zero-order valence-electron chi connectivity index (χ0n) is 19.1. The van der Waals surface area contributed by atoms with Gasteiger partial charge in [-0.2, -0.15) is 0 Å². The Morgan fingerprint density at radius 2 is 1.47 bits per heavy atom. The Morgan fingerprint density at radius 1 is 0.912 bits per heavy atom. The second kappa shape index (κ2) is 15.0. The largest absolute Gasteiger partial charge is 0.480 e. The summed E-state index contributed by atoms with van der Waals surface area (Å²) in [6.07, 6.45) is 0.119. The number of rotatable bonds is 15. The third kappa shape index (κ3) is 9.83. The molecular weight excluding hydrogens is 446 g/mol. The van der Waals surface area contributed by atoms with Crippen LogP contribution in [-0.2, 0) is 25.6 Å². The van der Waals surface area contributed by atoms with Crippen molar-refractivity contribution in [3.63, 3.8) is 0 Å². The van der Waals surface area contributed by atoms with E-state index in [2.05, 4.69) is 16.0 Å². The smallest absolute Gasteiger partial charge is 0.328 e. The highest BCUT2D eigenvalue weighted by molar-refractivity contribution is 5.94. The molecule has 0 aliphatic rings. The van der Waals surface area contributed by atoms with E-state index in [1.807, 2.05) is 0 Å². The molecule has 3 amide bonds. The first-order chi connectivity index (χ1) is 16.1. The van der Waals surface area contributed by atoms with Crippen molar-refractivity contribution in [3.05, 3.63) is 35.9 Å². The molecule has 5 unspecified atom stereocenters. The van der Waals surface area contributed by atoms with Gasteiger partial charge in [0.15, 0.2) is 0 Å². The molecule has 0 aliphatic heterocycles. The minimum absolute atomic E-state index is 0.0798. The van der Waals surface area contributed by atoms with Gasteiger partial charge in [-0.3, -0.25) is 14.4 Å². The number of carbonyl (C=O) groups is 4. The third-order valence-corrected chi connectivity index (χ3v) is 5.12. The summed E-state index contributed by atoms with van der Waals surface area (Å²) in [5.74, 6) is -3.67. The number of nitrogens with one attached hydrogen (secondary N) is 3. The number of hydrogen-bond acceptors (Lipinski definition) is 8. The van der Waals surface area contributed by atoms with Gasteiger partial charge in [0.2, 0.25) is 17.7 Å². The lowest BCUT2D eigenvalue weighted by atomic mass is 10.0. The van der Waals surface area contributed by atoms with Crippen molar-refractivity contribution >= 4 is 23.7 Å². The van der Waals surface area contributed by atoms with Crippen LogP contribution in [0.15, 0.2) is 30.3 Å². The molecule has 10 N–H and O–H groups in total. The van der Waals surface area contributed by atoms with Crippen LogP contribution in [0, 0.1) is 0 Å². The minimum Gasteiger partial charge on any atom is -0.480 e. The van der Waals surface area contributed by atoms with Crippen LogP contribution in [0.4, 0.5) is 0 Å². The van der Waals surface area contributed by atoms with E-state index in [0.717, 1.165) is 5.56 Å². The molecule has 0 radical (unpaired) electrons. The Balaban J connectivity index is 3.07. The number of unbranched alkanes of at least 4 members (excludes halogenated alkanes) is 1. The highest BCUT2D eigenvalue weighted by Gasteiger charge is 2.30. The molecule has 34 heavy (non-hydrogen) atoms. The summed E-state index contributed by atoms with van der Waals surface area (Å²) >= 11 is 0. The van der Waals surface area contributed by atoms with Crippen molar-refractivity contribution < 1.29 is 34.5 Å². The first-order valence-corrected chi connectivity index (χ1v) is 11.0. The number of amides is 3. The summed E-state index contributed by atoms with van der Waals surface area (Å²) in [6.45, 7) is 0.878. The fraction of sp³-hybridized carbons (Fsp3) is 0.545. The average Bonchev–Trinajstić information content (AvgIpc) is 2.80. The van der Waals surface area contributed by atoms with E-state index in [0.29, 0.717) is 19.4 Å². The minimum atomic E-state index is -1.54. The van der Waals surface area contributed by atoms with E-state index >= 15 is 0 Å². The molecule has 0 saturated carbocycles. The molecule has 1 rings (SSSR count). The van der Waals surface area contributed by atoms with Gasteiger partial charge in [0, 0.05) is 6.42 Å². The molecule has 0 fully saturated rings. The topological polar surface area (TPSA) is 217 Å². The number of aliphatic hydroxyl groups excluding tert-OH is 2. The van der Waals surface area contributed by atoms with Crippen LogP contribution < -0.4 is 27.4 Å². The van der Waals surface area contributed by atoms with E-state index in [4.69, 9.17) is 16.6 Å². The van der Waals surface area contributed by atoms with Gasteiger partial charge in [-0.15, -0.1) is 0 Å². The Labute approximate surface area is 198 Å². The molecule has 5 atom stereocenters. The van der Waals surface area contributed by atoms with Gasteiger partial charge >= 0.3 is 5.97 Å². The van der Waals surface area contributed by atoms with E-state index in [1.165, 1.54) is 6.92 Å². The predicted molar refractivity (Wildman–Crippen MR) is 123 cm³/mol. The van der Waals surface area contributed by atoms with Crippen LogP contribution >= 0.6 is 0 Å². The van der Waals surface area contributed by atoms with Gasteiger partial charge in [0.05, 0.1) is 12.7 Å². The third-order valence-electron chi connectivity index (χ3n) is 5.12. The molecule has 12 nitrogen and oxygen atoms in total. The maximum absolute atomic E-state index is 13.1. The maximum atomic E-state index is 13.1. The molecule has 0 saturated heterocycles. The summed E-state index contributed by atoms with van der Waals surface area (Å²) in [5.41, 5.74) is 11.9. The fourth-order valence-electron chi connectivity index (χ4n) is 3.04. The highest BCUT2D eigenvalue weighted by Crippen LogP contribution is 2.07. The Hall–Kier alpha value is -3.06. The maximum Gasteiger partial charge on any atom is 0.328 e. The van der Waals surface area contributed by atoms with Crippen molar-refractivity contribution in [3.8, 4) is 0 Å². The Morgan fingerprint density at radius 3 is 2.00 bits per heavy atom. The zero-order chi connectivity index (χ0) is 25.7. The molecule has 1 aromatic carbocycles. The number of nitrogens with two attached hydrogens (primary N) is 2. The summed E-state index contributed by atoms with van der Waals surface area (Å²) in [5, 5.41) is 35.1. The second-order valence-corrected chi connectivity index (χ2v) is 7.94. The van der Waals surface area contributed by atoms with Crippen LogP contribution in [-0.4, -0.2) is 82.4 Å². The summed E-state index contributed by atoms with van der Waals surface area (Å²) in [4.78, 5) is 49.4. The lowest BCUT2D eigenvalue weighted by Crippen LogP contribution is -2.58. The normalized spacial score (nSPS) is 15.3. The molecule has 0 aliphatic carbocycles. The number of carboxylic acids is 1. The first kappa shape index (κ1) is 29.0. The van der Waals surface area contributed by atoms with Crippen LogP contribution in [0.2, 0.25) is 0 Å². The average molecular weight is 482 g/mol. The summed E-state index contributed by atoms with van der Waals surface area (Å²) in [6, 6.07) is 3.76. The molecule has 0 spiro atoms. The number of aliphatic hydroxyl groups is 2. The SMILES string of the molecule is CC(O)C(N)C(=O)NC(Cc1ccccc1)C(=O)NC(CCCCN)C(=O)NC(CO)C(=O)O. The molecule has 0 heterocycles. The number of hydrogen-bond donors (Lipinski definition) is 8. The molecular formula is C22H35N5O7.